The van der Waals surface area contributed by atoms with Gasteiger partial charge in [-0.15, -0.1) is 0 Å². The molecule has 1 unspecified atom stereocenters. The fourth-order valence-electron chi connectivity index (χ4n) is 1.55. The summed E-state index contributed by atoms with van der Waals surface area (Å²) in [6, 6.07) is 0. The summed E-state index contributed by atoms with van der Waals surface area (Å²) in [6.45, 7) is 2.22. The SMILES string of the molecule is CCCC(CNC(=O)CC1CC1)C(=O)O. The quantitative estimate of drug-likeness (QED) is 0.671. The summed E-state index contributed by atoms with van der Waals surface area (Å²) in [7, 11) is 0. The van der Waals surface area contributed by atoms with Crippen molar-refractivity contribution in [3.05, 3.63) is 0 Å². The van der Waals surface area contributed by atoms with Crippen LogP contribution in [0.15, 0.2) is 0 Å². The molecule has 1 saturated carbocycles. The number of hydrogen-bond donors (Lipinski definition) is 2. The van der Waals surface area contributed by atoms with Crippen molar-refractivity contribution >= 4 is 11.9 Å². The van der Waals surface area contributed by atoms with Gasteiger partial charge in [0.15, 0.2) is 0 Å². The number of amides is 1. The highest BCUT2D eigenvalue weighted by molar-refractivity contribution is 5.77. The van der Waals surface area contributed by atoms with Crippen molar-refractivity contribution < 1.29 is 14.7 Å². The Morgan fingerprint density at radius 2 is 2.13 bits per heavy atom. The van der Waals surface area contributed by atoms with Crippen LogP contribution in [0.1, 0.15) is 39.0 Å². The molecular formula is C11H19NO3. The van der Waals surface area contributed by atoms with E-state index in [1.807, 2.05) is 6.92 Å². The molecule has 0 aromatic rings. The first kappa shape index (κ1) is 12.0. The van der Waals surface area contributed by atoms with Crippen LogP contribution in [0.2, 0.25) is 0 Å². The van der Waals surface area contributed by atoms with Crippen molar-refractivity contribution in [2.24, 2.45) is 11.8 Å². The molecule has 1 rings (SSSR count). The van der Waals surface area contributed by atoms with E-state index >= 15 is 0 Å². The minimum Gasteiger partial charge on any atom is -0.481 e. The van der Waals surface area contributed by atoms with Gasteiger partial charge < -0.3 is 10.4 Å². The first-order chi connectivity index (χ1) is 7.13. The number of hydrogen-bond acceptors (Lipinski definition) is 2. The van der Waals surface area contributed by atoms with Crippen LogP contribution in [-0.4, -0.2) is 23.5 Å². The number of carbonyl (C=O) groups is 2. The Kier molecular flexibility index (Phi) is 4.59. The third kappa shape index (κ3) is 4.81. The number of rotatable bonds is 7. The molecule has 2 N–H and O–H groups in total. The molecule has 0 aromatic carbocycles. The molecule has 0 heterocycles. The van der Waals surface area contributed by atoms with Gasteiger partial charge >= 0.3 is 5.97 Å². The molecule has 0 bridgehead atoms. The fourth-order valence-corrected chi connectivity index (χ4v) is 1.55. The van der Waals surface area contributed by atoms with E-state index in [0.717, 1.165) is 19.3 Å². The number of carboxylic acid groups (broad SMARTS) is 1. The maximum absolute atomic E-state index is 11.3. The molecule has 1 atom stereocenters. The fraction of sp³-hybridized carbons (Fsp3) is 0.818. The topological polar surface area (TPSA) is 66.4 Å². The first-order valence-electron chi connectivity index (χ1n) is 5.63. The number of carboxylic acids is 1. The maximum Gasteiger partial charge on any atom is 0.308 e. The molecular weight excluding hydrogens is 194 g/mol. The van der Waals surface area contributed by atoms with Gasteiger partial charge in [-0.3, -0.25) is 9.59 Å². The highest BCUT2D eigenvalue weighted by Crippen LogP contribution is 2.32. The minimum atomic E-state index is -0.816. The minimum absolute atomic E-state index is 0.000136. The Balaban J connectivity index is 2.19. The summed E-state index contributed by atoms with van der Waals surface area (Å²) in [5, 5.41) is 11.6. The lowest BCUT2D eigenvalue weighted by molar-refractivity contribution is -0.141. The molecule has 0 aliphatic heterocycles. The molecule has 1 fully saturated rings. The van der Waals surface area contributed by atoms with Crippen molar-refractivity contribution in [2.45, 2.75) is 39.0 Å². The van der Waals surface area contributed by atoms with Crippen molar-refractivity contribution in [3.63, 3.8) is 0 Å². The number of nitrogens with one attached hydrogen (secondary N) is 1. The molecule has 0 radical (unpaired) electrons. The summed E-state index contributed by atoms with van der Waals surface area (Å²) in [6.07, 6.45) is 4.31. The average Bonchev–Trinajstić information content (AvgIpc) is 2.95. The molecule has 15 heavy (non-hydrogen) atoms. The van der Waals surface area contributed by atoms with Crippen molar-refractivity contribution in [2.75, 3.05) is 6.54 Å². The van der Waals surface area contributed by atoms with Gasteiger partial charge in [-0.05, 0) is 25.2 Å². The molecule has 86 valence electrons. The second-order valence-corrected chi connectivity index (χ2v) is 4.28. The van der Waals surface area contributed by atoms with E-state index in [9.17, 15) is 9.59 Å². The van der Waals surface area contributed by atoms with Crippen LogP contribution in [0.3, 0.4) is 0 Å². The van der Waals surface area contributed by atoms with Crippen molar-refractivity contribution in [3.8, 4) is 0 Å². The zero-order chi connectivity index (χ0) is 11.3. The van der Waals surface area contributed by atoms with Crippen LogP contribution in [-0.2, 0) is 9.59 Å². The van der Waals surface area contributed by atoms with Gasteiger partial charge in [0, 0.05) is 13.0 Å². The average molecular weight is 213 g/mol. The Labute approximate surface area is 90.0 Å². The van der Waals surface area contributed by atoms with Gasteiger partial charge in [0.25, 0.3) is 0 Å². The summed E-state index contributed by atoms with van der Waals surface area (Å²) >= 11 is 0. The van der Waals surface area contributed by atoms with Crippen LogP contribution in [0.5, 0.6) is 0 Å². The molecule has 0 spiro atoms. The number of aliphatic carboxylic acids is 1. The summed E-state index contributed by atoms with van der Waals surface area (Å²) in [5.74, 6) is -0.693. The van der Waals surface area contributed by atoms with Gasteiger partial charge in [-0.1, -0.05) is 13.3 Å². The van der Waals surface area contributed by atoms with Gasteiger partial charge in [0.2, 0.25) is 5.91 Å². The number of carbonyl (C=O) groups excluding carboxylic acids is 1. The van der Waals surface area contributed by atoms with E-state index in [0.29, 0.717) is 18.8 Å². The summed E-state index contributed by atoms with van der Waals surface area (Å²) in [5.41, 5.74) is 0. The van der Waals surface area contributed by atoms with Crippen LogP contribution in [0, 0.1) is 11.8 Å². The van der Waals surface area contributed by atoms with E-state index in [1.54, 1.807) is 0 Å². The molecule has 4 nitrogen and oxygen atoms in total. The lowest BCUT2D eigenvalue weighted by atomic mass is 10.0. The molecule has 1 amide bonds. The Hall–Kier alpha value is -1.06. The molecule has 4 heteroatoms. The van der Waals surface area contributed by atoms with Gasteiger partial charge in [-0.25, -0.2) is 0 Å². The van der Waals surface area contributed by atoms with Crippen LogP contribution < -0.4 is 5.32 Å². The molecule has 1 aliphatic rings. The molecule has 1 aliphatic carbocycles. The van der Waals surface area contributed by atoms with Crippen LogP contribution >= 0.6 is 0 Å². The van der Waals surface area contributed by atoms with Crippen molar-refractivity contribution in [1.82, 2.24) is 5.32 Å². The van der Waals surface area contributed by atoms with E-state index in [-0.39, 0.29) is 12.5 Å². The monoisotopic (exact) mass is 213 g/mol. The zero-order valence-electron chi connectivity index (χ0n) is 9.16. The highest BCUT2D eigenvalue weighted by Gasteiger charge is 2.25. The Morgan fingerprint density at radius 1 is 1.47 bits per heavy atom. The largest absolute Gasteiger partial charge is 0.481 e. The van der Waals surface area contributed by atoms with Gasteiger partial charge in [-0.2, -0.15) is 0 Å². The normalized spacial score (nSPS) is 17.1. The van der Waals surface area contributed by atoms with Crippen molar-refractivity contribution in [1.29, 1.82) is 0 Å². The standard InChI is InChI=1S/C11H19NO3/c1-2-3-9(11(14)15)7-12-10(13)6-8-4-5-8/h8-9H,2-7H2,1H3,(H,12,13)(H,14,15). The van der Waals surface area contributed by atoms with E-state index < -0.39 is 11.9 Å². The summed E-state index contributed by atoms with van der Waals surface area (Å²) < 4.78 is 0. The third-order valence-electron chi connectivity index (χ3n) is 2.70. The first-order valence-corrected chi connectivity index (χ1v) is 5.63. The maximum atomic E-state index is 11.3. The second-order valence-electron chi connectivity index (χ2n) is 4.28. The van der Waals surface area contributed by atoms with Crippen LogP contribution in [0.25, 0.3) is 0 Å². The Bertz CT molecular complexity index is 236. The van der Waals surface area contributed by atoms with Gasteiger partial charge in [0.05, 0.1) is 5.92 Å². The molecule has 0 aromatic heterocycles. The highest BCUT2D eigenvalue weighted by atomic mass is 16.4. The third-order valence-corrected chi connectivity index (χ3v) is 2.70. The Morgan fingerprint density at radius 3 is 2.60 bits per heavy atom. The molecule has 0 saturated heterocycles. The second kappa shape index (κ2) is 5.73. The zero-order valence-corrected chi connectivity index (χ0v) is 9.16. The predicted octanol–water partition coefficient (Wildman–Crippen LogP) is 1.40. The summed E-state index contributed by atoms with van der Waals surface area (Å²) in [4.78, 5) is 22.1. The smallest absolute Gasteiger partial charge is 0.308 e. The predicted molar refractivity (Wildman–Crippen MR) is 56.4 cm³/mol. The van der Waals surface area contributed by atoms with E-state index in [2.05, 4.69) is 5.32 Å². The van der Waals surface area contributed by atoms with E-state index in [1.165, 1.54) is 0 Å². The van der Waals surface area contributed by atoms with Crippen LogP contribution in [0.4, 0.5) is 0 Å². The van der Waals surface area contributed by atoms with E-state index in [4.69, 9.17) is 5.11 Å². The van der Waals surface area contributed by atoms with Gasteiger partial charge in [0.1, 0.15) is 0 Å². The lowest BCUT2D eigenvalue weighted by Gasteiger charge is -2.11. The lowest BCUT2D eigenvalue weighted by Crippen LogP contribution is -2.33.